The first-order valence-corrected chi connectivity index (χ1v) is 8.39. The van der Waals surface area contributed by atoms with E-state index >= 15 is 0 Å². The number of fused-ring (bicyclic) bond motifs is 1. The van der Waals surface area contributed by atoms with E-state index in [4.69, 9.17) is 10.5 Å². The molecule has 1 saturated carbocycles. The highest BCUT2D eigenvalue weighted by atomic mass is 79.9. The van der Waals surface area contributed by atoms with E-state index in [1.165, 1.54) is 36.9 Å². The van der Waals surface area contributed by atoms with Gasteiger partial charge in [-0.25, -0.2) is 0 Å². The van der Waals surface area contributed by atoms with E-state index in [-0.39, 0.29) is 6.04 Å². The summed E-state index contributed by atoms with van der Waals surface area (Å²) >= 11 is 3.73. The Morgan fingerprint density at radius 3 is 2.90 bits per heavy atom. The van der Waals surface area contributed by atoms with Crippen molar-refractivity contribution >= 4 is 21.6 Å². The van der Waals surface area contributed by atoms with E-state index in [2.05, 4.69) is 39.0 Å². The molecule has 4 heteroatoms. The number of benzene rings is 1. The number of nitrogens with two attached hydrogens (primary N) is 1. The topological polar surface area (TPSA) is 38.5 Å². The van der Waals surface area contributed by atoms with Crippen LogP contribution in [0.15, 0.2) is 22.7 Å². The Morgan fingerprint density at radius 1 is 1.35 bits per heavy atom. The molecule has 1 heterocycles. The van der Waals surface area contributed by atoms with Gasteiger partial charge in [-0.05, 0) is 53.4 Å². The molecule has 0 aromatic heterocycles. The number of hydrogen-bond donors (Lipinski definition) is 1. The lowest BCUT2D eigenvalue weighted by Gasteiger charge is -2.45. The Balaban J connectivity index is 1.87. The number of rotatable bonds is 2. The van der Waals surface area contributed by atoms with Crippen molar-refractivity contribution in [3.63, 3.8) is 0 Å². The van der Waals surface area contributed by atoms with Gasteiger partial charge >= 0.3 is 0 Å². The fourth-order valence-corrected chi connectivity index (χ4v) is 4.06. The fraction of sp³-hybridized carbons (Fsp3) is 0.625. The predicted octanol–water partition coefficient (Wildman–Crippen LogP) is 3.62. The van der Waals surface area contributed by atoms with Crippen molar-refractivity contribution in [2.75, 3.05) is 18.1 Å². The Labute approximate surface area is 129 Å². The number of ether oxygens (including phenoxy) is 1. The summed E-state index contributed by atoms with van der Waals surface area (Å²) in [4.78, 5) is 2.53. The minimum atomic E-state index is 0.0764. The van der Waals surface area contributed by atoms with E-state index < -0.39 is 0 Å². The van der Waals surface area contributed by atoms with Gasteiger partial charge in [-0.1, -0.05) is 18.9 Å². The third kappa shape index (κ3) is 2.74. The maximum Gasteiger partial charge on any atom is 0.0779 e. The zero-order chi connectivity index (χ0) is 14.1. The quantitative estimate of drug-likeness (QED) is 0.894. The van der Waals surface area contributed by atoms with Crippen LogP contribution in [0, 0.1) is 0 Å². The summed E-state index contributed by atoms with van der Waals surface area (Å²) < 4.78 is 7.11. The van der Waals surface area contributed by atoms with Crippen LogP contribution in [0.25, 0.3) is 0 Å². The SMILES string of the molecule is CC(N)c1ccc(N2CCOC3CCCCC32)c(Br)c1. The standard InChI is InChI=1S/C16H23BrN2O/c1-11(18)12-6-7-14(13(17)10-12)19-8-9-20-16-5-3-2-4-15(16)19/h6-7,10-11,15-16H,2-5,8-9,18H2,1H3. The van der Waals surface area contributed by atoms with Gasteiger partial charge in [0.2, 0.25) is 0 Å². The maximum absolute atomic E-state index is 5.96. The summed E-state index contributed by atoms with van der Waals surface area (Å²) in [5.41, 5.74) is 8.42. The zero-order valence-electron chi connectivity index (χ0n) is 12.0. The molecule has 2 N–H and O–H groups in total. The first-order valence-electron chi connectivity index (χ1n) is 7.60. The summed E-state index contributed by atoms with van der Waals surface area (Å²) in [6.45, 7) is 3.84. The third-order valence-corrected chi connectivity index (χ3v) is 5.17. The number of nitrogens with zero attached hydrogens (tertiary/aromatic N) is 1. The molecular formula is C16H23BrN2O. The Bertz CT molecular complexity index is 476. The highest BCUT2D eigenvalue weighted by Crippen LogP contribution is 2.36. The van der Waals surface area contributed by atoms with Crippen molar-refractivity contribution in [1.82, 2.24) is 0 Å². The molecule has 1 aliphatic heterocycles. The Kier molecular flexibility index (Phi) is 4.34. The molecule has 0 spiro atoms. The third-order valence-electron chi connectivity index (χ3n) is 4.54. The van der Waals surface area contributed by atoms with Gasteiger partial charge in [0.05, 0.1) is 24.4 Å². The van der Waals surface area contributed by atoms with Crippen LogP contribution >= 0.6 is 15.9 Å². The lowest BCUT2D eigenvalue weighted by atomic mass is 9.89. The van der Waals surface area contributed by atoms with Crippen molar-refractivity contribution in [1.29, 1.82) is 0 Å². The lowest BCUT2D eigenvalue weighted by molar-refractivity contribution is -0.00872. The van der Waals surface area contributed by atoms with E-state index in [0.717, 1.165) is 17.6 Å². The molecule has 1 aromatic carbocycles. The van der Waals surface area contributed by atoms with Crippen LogP contribution in [0.1, 0.15) is 44.2 Å². The Morgan fingerprint density at radius 2 is 2.15 bits per heavy atom. The summed E-state index contributed by atoms with van der Waals surface area (Å²) in [5.74, 6) is 0. The van der Waals surface area contributed by atoms with Crippen molar-refractivity contribution in [3.8, 4) is 0 Å². The van der Waals surface area contributed by atoms with Crippen LogP contribution in [0.4, 0.5) is 5.69 Å². The minimum Gasteiger partial charge on any atom is -0.374 e. The molecular weight excluding hydrogens is 316 g/mol. The van der Waals surface area contributed by atoms with Gasteiger partial charge in [0.25, 0.3) is 0 Å². The average Bonchev–Trinajstić information content (AvgIpc) is 2.46. The number of halogens is 1. The molecule has 3 unspecified atom stereocenters. The largest absolute Gasteiger partial charge is 0.374 e. The van der Waals surface area contributed by atoms with Crippen LogP contribution in [-0.4, -0.2) is 25.3 Å². The van der Waals surface area contributed by atoms with Crippen molar-refractivity contribution in [3.05, 3.63) is 28.2 Å². The van der Waals surface area contributed by atoms with Gasteiger partial charge in [-0.3, -0.25) is 0 Å². The molecule has 3 atom stereocenters. The van der Waals surface area contributed by atoms with Gasteiger partial charge < -0.3 is 15.4 Å². The molecule has 0 radical (unpaired) electrons. The first kappa shape index (κ1) is 14.4. The number of morpholine rings is 1. The number of hydrogen-bond acceptors (Lipinski definition) is 3. The van der Waals surface area contributed by atoms with Crippen LogP contribution in [0.3, 0.4) is 0 Å². The van der Waals surface area contributed by atoms with Crippen molar-refractivity contribution < 1.29 is 4.74 Å². The van der Waals surface area contributed by atoms with Crippen LogP contribution in [0.5, 0.6) is 0 Å². The molecule has 1 aromatic rings. The molecule has 0 amide bonds. The average molecular weight is 339 g/mol. The molecule has 2 aliphatic rings. The highest BCUT2D eigenvalue weighted by Gasteiger charge is 2.34. The van der Waals surface area contributed by atoms with Gasteiger partial charge in [0.1, 0.15) is 0 Å². The molecule has 3 nitrogen and oxygen atoms in total. The second kappa shape index (κ2) is 6.04. The van der Waals surface area contributed by atoms with E-state index in [0.29, 0.717) is 12.1 Å². The summed E-state index contributed by atoms with van der Waals surface area (Å²) in [6.07, 6.45) is 5.48. The van der Waals surface area contributed by atoms with Gasteiger partial charge in [-0.2, -0.15) is 0 Å². The maximum atomic E-state index is 5.96. The van der Waals surface area contributed by atoms with E-state index in [1.807, 2.05) is 6.92 Å². The monoisotopic (exact) mass is 338 g/mol. The van der Waals surface area contributed by atoms with Crippen LogP contribution < -0.4 is 10.6 Å². The minimum absolute atomic E-state index is 0.0764. The number of anilines is 1. The first-order chi connectivity index (χ1) is 9.66. The summed E-state index contributed by atoms with van der Waals surface area (Å²) in [6, 6.07) is 7.13. The molecule has 20 heavy (non-hydrogen) atoms. The Hall–Kier alpha value is -0.580. The van der Waals surface area contributed by atoms with Gasteiger partial charge in [0, 0.05) is 17.1 Å². The summed E-state index contributed by atoms with van der Waals surface area (Å²) in [7, 11) is 0. The second-order valence-electron chi connectivity index (χ2n) is 5.95. The molecule has 2 fully saturated rings. The van der Waals surface area contributed by atoms with Crippen LogP contribution in [0.2, 0.25) is 0 Å². The van der Waals surface area contributed by atoms with Gasteiger partial charge in [0.15, 0.2) is 0 Å². The second-order valence-corrected chi connectivity index (χ2v) is 6.81. The van der Waals surface area contributed by atoms with E-state index in [1.54, 1.807) is 0 Å². The van der Waals surface area contributed by atoms with Crippen molar-refractivity contribution in [2.24, 2.45) is 5.73 Å². The predicted molar refractivity (Wildman–Crippen MR) is 86.1 cm³/mol. The fourth-order valence-electron chi connectivity index (χ4n) is 3.43. The van der Waals surface area contributed by atoms with Gasteiger partial charge in [-0.15, -0.1) is 0 Å². The van der Waals surface area contributed by atoms with Crippen molar-refractivity contribution in [2.45, 2.75) is 50.8 Å². The molecule has 1 aliphatic carbocycles. The molecule has 0 bridgehead atoms. The highest BCUT2D eigenvalue weighted by molar-refractivity contribution is 9.10. The zero-order valence-corrected chi connectivity index (χ0v) is 13.6. The lowest BCUT2D eigenvalue weighted by Crippen LogP contribution is -2.53. The summed E-state index contributed by atoms with van der Waals surface area (Å²) in [5, 5.41) is 0. The van der Waals surface area contributed by atoms with E-state index in [9.17, 15) is 0 Å². The molecule has 110 valence electrons. The van der Waals surface area contributed by atoms with Crippen LogP contribution in [-0.2, 0) is 4.74 Å². The molecule has 3 rings (SSSR count). The smallest absolute Gasteiger partial charge is 0.0779 e. The molecule has 1 saturated heterocycles. The normalized spacial score (nSPS) is 28.1.